The third-order valence-electron chi connectivity index (χ3n) is 2.94. The second-order valence-corrected chi connectivity index (χ2v) is 5.06. The second-order valence-electron chi connectivity index (χ2n) is 4.14. The molecule has 2 heterocycles. The first kappa shape index (κ1) is 13.5. The van der Waals surface area contributed by atoms with Crippen LogP contribution in [0.15, 0.2) is 22.8 Å². The summed E-state index contributed by atoms with van der Waals surface area (Å²) in [5.74, 6) is -0.00758. The standard InChI is InChI=1S/C12H16BrN3O2/c1-14-12(17)11-8-18-5-4-16(11)7-10-3-2-9(13)6-15-10/h2-3,6,11H,4-5,7-8H2,1H3,(H,14,17). The number of pyridine rings is 1. The number of carbonyl (C=O) groups is 1. The molecule has 1 unspecified atom stereocenters. The molecule has 1 aliphatic rings. The van der Waals surface area contributed by atoms with Crippen molar-refractivity contribution in [2.75, 3.05) is 26.8 Å². The molecular weight excluding hydrogens is 298 g/mol. The van der Waals surface area contributed by atoms with Gasteiger partial charge in [0.05, 0.1) is 18.9 Å². The Hall–Kier alpha value is -0.980. The molecule has 1 fully saturated rings. The number of hydrogen-bond acceptors (Lipinski definition) is 4. The van der Waals surface area contributed by atoms with Crippen molar-refractivity contribution in [2.24, 2.45) is 0 Å². The molecule has 18 heavy (non-hydrogen) atoms. The van der Waals surface area contributed by atoms with Gasteiger partial charge in [-0.3, -0.25) is 14.7 Å². The summed E-state index contributed by atoms with van der Waals surface area (Å²) in [6, 6.07) is 3.69. The van der Waals surface area contributed by atoms with E-state index in [0.717, 1.165) is 16.7 Å². The van der Waals surface area contributed by atoms with Crippen molar-refractivity contribution in [3.63, 3.8) is 0 Å². The lowest BCUT2D eigenvalue weighted by molar-refractivity contribution is -0.132. The lowest BCUT2D eigenvalue weighted by Crippen LogP contribution is -2.52. The number of nitrogens with one attached hydrogen (secondary N) is 1. The van der Waals surface area contributed by atoms with Crippen LogP contribution in [0.2, 0.25) is 0 Å². The summed E-state index contributed by atoms with van der Waals surface area (Å²) in [5, 5.41) is 2.67. The molecule has 6 heteroatoms. The average Bonchev–Trinajstić information content (AvgIpc) is 2.41. The molecule has 0 aliphatic carbocycles. The molecule has 0 saturated carbocycles. The van der Waals surface area contributed by atoms with Crippen LogP contribution < -0.4 is 5.32 Å². The third kappa shape index (κ3) is 3.28. The van der Waals surface area contributed by atoms with Crippen molar-refractivity contribution in [2.45, 2.75) is 12.6 Å². The number of ether oxygens (including phenoxy) is 1. The minimum Gasteiger partial charge on any atom is -0.378 e. The van der Waals surface area contributed by atoms with Crippen molar-refractivity contribution in [3.05, 3.63) is 28.5 Å². The fourth-order valence-corrected chi connectivity index (χ4v) is 2.18. The van der Waals surface area contributed by atoms with Crippen LogP contribution in [0.25, 0.3) is 0 Å². The maximum atomic E-state index is 11.8. The highest BCUT2D eigenvalue weighted by molar-refractivity contribution is 9.10. The summed E-state index contributed by atoms with van der Waals surface area (Å²) in [6.45, 7) is 2.50. The highest BCUT2D eigenvalue weighted by atomic mass is 79.9. The molecule has 1 saturated heterocycles. The van der Waals surface area contributed by atoms with Crippen molar-refractivity contribution in [1.29, 1.82) is 0 Å². The number of hydrogen-bond donors (Lipinski definition) is 1. The molecule has 1 N–H and O–H groups in total. The third-order valence-corrected chi connectivity index (χ3v) is 3.41. The van der Waals surface area contributed by atoms with Crippen molar-refractivity contribution in [3.8, 4) is 0 Å². The first-order valence-electron chi connectivity index (χ1n) is 5.84. The van der Waals surface area contributed by atoms with Gasteiger partial charge in [0.2, 0.25) is 5.91 Å². The minimum absolute atomic E-state index is 0.00758. The van der Waals surface area contributed by atoms with E-state index < -0.39 is 0 Å². The van der Waals surface area contributed by atoms with Gasteiger partial charge in [-0.1, -0.05) is 0 Å². The lowest BCUT2D eigenvalue weighted by atomic mass is 10.2. The normalized spacial score (nSPS) is 20.7. The maximum absolute atomic E-state index is 11.8. The number of aromatic nitrogens is 1. The number of likely N-dealkylation sites (N-methyl/N-ethyl adjacent to an activating group) is 1. The molecule has 1 amide bonds. The van der Waals surface area contributed by atoms with E-state index in [1.807, 2.05) is 12.1 Å². The molecule has 1 aromatic rings. The van der Waals surface area contributed by atoms with E-state index in [4.69, 9.17) is 4.74 Å². The maximum Gasteiger partial charge on any atom is 0.239 e. The molecule has 1 aromatic heterocycles. The predicted octanol–water partition coefficient (Wildman–Crippen LogP) is 0.791. The second kappa shape index (κ2) is 6.26. The quantitative estimate of drug-likeness (QED) is 0.896. The largest absolute Gasteiger partial charge is 0.378 e. The Bertz CT molecular complexity index is 410. The lowest BCUT2D eigenvalue weighted by Gasteiger charge is -2.33. The van der Waals surface area contributed by atoms with Crippen LogP contribution in [-0.2, 0) is 16.1 Å². The summed E-state index contributed by atoms with van der Waals surface area (Å²) in [4.78, 5) is 18.2. The predicted molar refractivity (Wildman–Crippen MR) is 71.0 cm³/mol. The van der Waals surface area contributed by atoms with E-state index in [1.54, 1.807) is 13.2 Å². The van der Waals surface area contributed by atoms with E-state index in [0.29, 0.717) is 19.8 Å². The Kier molecular flexibility index (Phi) is 4.68. The Morgan fingerprint density at radius 2 is 2.50 bits per heavy atom. The molecule has 0 aromatic carbocycles. The Labute approximate surface area is 115 Å². The van der Waals surface area contributed by atoms with Gasteiger partial charge in [0.15, 0.2) is 0 Å². The van der Waals surface area contributed by atoms with Crippen LogP contribution in [-0.4, -0.2) is 48.6 Å². The molecular formula is C12H16BrN3O2. The molecule has 0 bridgehead atoms. The van der Waals surface area contributed by atoms with Gasteiger partial charge in [0.1, 0.15) is 6.04 Å². The number of rotatable bonds is 3. The van der Waals surface area contributed by atoms with Crippen LogP contribution in [0, 0.1) is 0 Å². The SMILES string of the molecule is CNC(=O)C1COCCN1Cc1ccc(Br)cn1. The smallest absolute Gasteiger partial charge is 0.239 e. The van der Waals surface area contributed by atoms with Gasteiger partial charge in [0.25, 0.3) is 0 Å². The number of nitrogens with zero attached hydrogens (tertiary/aromatic N) is 2. The number of amides is 1. The van der Waals surface area contributed by atoms with Crippen LogP contribution in [0.4, 0.5) is 0 Å². The summed E-state index contributed by atoms with van der Waals surface area (Å²) in [7, 11) is 1.65. The number of halogens is 1. The minimum atomic E-state index is -0.228. The fraction of sp³-hybridized carbons (Fsp3) is 0.500. The van der Waals surface area contributed by atoms with E-state index in [-0.39, 0.29) is 11.9 Å². The van der Waals surface area contributed by atoms with Gasteiger partial charge >= 0.3 is 0 Å². The van der Waals surface area contributed by atoms with Crippen molar-refractivity contribution in [1.82, 2.24) is 15.2 Å². The van der Waals surface area contributed by atoms with E-state index in [2.05, 4.69) is 31.1 Å². The van der Waals surface area contributed by atoms with Gasteiger partial charge in [-0.15, -0.1) is 0 Å². The first-order chi connectivity index (χ1) is 8.70. The Morgan fingerprint density at radius 1 is 1.67 bits per heavy atom. The van der Waals surface area contributed by atoms with E-state index in [1.165, 1.54) is 0 Å². The van der Waals surface area contributed by atoms with Crippen LogP contribution >= 0.6 is 15.9 Å². The highest BCUT2D eigenvalue weighted by Crippen LogP contribution is 2.13. The van der Waals surface area contributed by atoms with Gasteiger partial charge in [-0.2, -0.15) is 0 Å². The fourth-order valence-electron chi connectivity index (χ4n) is 1.94. The van der Waals surface area contributed by atoms with Crippen LogP contribution in [0.5, 0.6) is 0 Å². The molecule has 0 radical (unpaired) electrons. The Morgan fingerprint density at radius 3 is 3.17 bits per heavy atom. The first-order valence-corrected chi connectivity index (χ1v) is 6.64. The molecule has 5 nitrogen and oxygen atoms in total. The van der Waals surface area contributed by atoms with Crippen LogP contribution in [0.3, 0.4) is 0 Å². The van der Waals surface area contributed by atoms with Crippen molar-refractivity contribution >= 4 is 21.8 Å². The zero-order valence-electron chi connectivity index (χ0n) is 10.2. The van der Waals surface area contributed by atoms with Gasteiger partial charge < -0.3 is 10.1 Å². The summed E-state index contributed by atoms with van der Waals surface area (Å²) in [6.07, 6.45) is 1.77. The van der Waals surface area contributed by atoms with Crippen molar-refractivity contribution < 1.29 is 9.53 Å². The monoisotopic (exact) mass is 313 g/mol. The van der Waals surface area contributed by atoms with Gasteiger partial charge in [-0.25, -0.2) is 0 Å². The zero-order chi connectivity index (χ0) is 13.0. The van der Waals surface area contributed by atoms with Gasteiger partial charge in [-0.05, 0) is 28.1 Å². The van der Waals surface area contributed by atoms with E-state index >= 15 is 0 Å². The number of carbonyl (C=O) groups excluding carboxylic acids is 1. The summed E-state index contributed by atoms with van der Waals surface area (Å²) < 4.78 is 6.32. The molecule has 1 aliphatic heterocycles. The molecule has 98 valence electrons. The molecule has 0 spiro atoms. The summed E-state index contributed by atoms with van der Waals surface area (Å²) >= 11 is 3.36. The zero-order valence-corrected chi connectivity index (χ0v) is 11.8. The Balaban J connectivity index is 2.05. The van der Waals surface area contributed by atoms with Crippen LogP contribution in [0.1, 0.15) is 5.69 Å². The topological polar surface area (TPSA) is 54.5 Å². The average molecular weight is 314 g/mol. The molecule has 2 rings (SSSR count). The number of morpholine rings is 1. The molecule has 1 atom stereocenters. The van der Waals surface area contributed by atoms with Gasteiger partial charge in [0, 0.05) is 30.8 Å². The van der Waals surface area contributed by atoms with E-state index in [9.17, 15) is 4.79 Å². The highest BCUT2D eigenvalue weighted by Gasteiger charge is 2.28. The summed E-state index contributed by atoms with van der Waals surface area (Å²) in [5.41, 5.74) is 0.953.